The highest BCUT2D eigenvalue weighted by molar-refractivity contribution is 7.10. The maximum absolute atomic E-state index is 4.27. The van der Waals surface area contributed by atoms with E-state index in [4.69, 9.17) is 0 Å². The topological polar surface area (TPSA) is 44.3 Å². The van der Waals surface area contributed by atoms with E-state index in [0.717, 1.165) is 36.8 Å². The van der Waals surface area contributed by atoms with Crippen molar-refractivity contribution < 1.29 is 0 Å². The van der Waals surface area contributed by atoms with Crippen LogP contribution >= 0.6 is 11.5 Å². The molecule has 0 aliphatic carbocycles. The van der Waals surface area contributed by atoms with E-state index in [1.165, 1.54) is 30.9 Å². The molecule has 1 N–H and O–H groups in total. The molecule has 0 spiro atoms. The van der Waals surface area contributed by atoms with Crippen LogP contribution in [0.5, 0.6) is 0 Å². The number of nitrogens with zero attached hydrogens (tertiary/aromatic N) is 4. The second kappa shape index (κ2) is 7.17. The van der Waals surface area contributed by atoms with Crippen LogP contribution in [0.25, 0.3) is 0 Å². The molecule has 1 aliphatic rings. The van der Waals surface area contributed by atoms with E-state index in [9.17, 15) is 0 Å². The van der Waals surface area contributed by atoms with Gasteiger partial charge in [0.05, 0.1) is 0 Å². The summed E-state index contributed by atoms with van der Waals surface area (Å²) < 4.78 is 4.08. The van der Waals surface area contributed by atoms with Crippen LogP contribution in [0.15, 0.2) is 0 Å². The molecular formula is C13H25N5S. The van der Waals surface area contributed by atoms with Gasteiger partial charge in [-0.1, -0.05) is 11.4 Å². The van der Waals surface area contributed by atoms with Gasteiger partial charge < -0.3 is 10.2 Å². The maximum atomic E-state index is 4.27. The average molecular weight is 283 g/mol. The Bertz CT molecular complexity index is 381. The second-order valence-corrected chi connectivity index (χ2v) is 6.20. The first-order valence-corrected chi connectivity index (χ1v) is 7.92. The van der Waals surface area contributed by atoms with Crippen LogP contribution in [0.2, 0.25) is 0 Å². The molecule has 6 heteroatoms. The number of piperidine rings is 1. The zero-order chi connectivity index (χ0) is 13.7. The molecule has 108 valence electrons. The first kappa shape index (κ1) is 14.7. The van der Waals surface area contributed by atoms with Crippen molar-refractivity contribution in [3.05, 3.63) is 5.69 Å². The number of likely N-dealkylation sites (tertiary alicyclic amines) is 1. The van der Waals surface area contributed by atoms with Crippen LogP contribution in [0.1, 0.15) is 31.9 Å². The summed E-state index contributed by atoms with van der Waals surface area (Å²) in [4.78, 5) is 4.84. The fraction of sp³-hybridized carbons (Fsp3) is 0.846. The zero-order valence-corrected chi connectivity index (χ0v) is 13.0. The minimum atomic E-state index is 0.638. The van der Waals surface area contributed by atoms with Crippen molar-refractivity contribution in [3.8, 4) is 0 Å². The van der Waals surface area contributed by atoms with Crippen molar-refractivity contribution >= 4 is 16.5 Å². The van der Waals surface area contributed by atoms with Crippen molar-refractivity contribution in [1.82, 2.24) is 19.4 Å². The van der Waals surface area contributed by atoms with Crippen molar-refractivity contribution in [1.29, 1.82) is 0 Å². The molecule has 0 saturated carbocycles. The molecule has 1 aromatic heterocycles. The summed E-state index contributed by atoms with van der Waals surface area (Å²) in [6.45, 7) is 6.44. The normalized spacial score (nSPS) is 20.9. The Labute approximate surface area is 120 Å². The molecule has 2 rings (SSSR count). The highest BCUT2D eigenvalue weighted by Gasteiger charge is 2.22. The van der Waals surface area contributed by atoms with E-state index < -0.39 is 0 Å². The zero-order valence-electron chi connectivity index (χ0n) is 12.2. The summed E-state index contributed by atoms with van der Waals surface area (Å²) in [6.07, 6.45) is 3.71. The number of rotatable bonds is 6. The lowest BCUT2D eigenvalue weighted by atomic mass is 10.1. The van der Waals surface area contributed by atoms with Crippen LogP contribution in [0, 0.1) is 0 Å². The van der Waals surface area contributed by atoms with E-state index in [0.29, 0.717) is 6.04 Å². The second-order valence-electron chi connectivity index (χ2n) is 5.45. The van der Waals surface area contributed by atoms with Gasteiger partial charge in [-0.05, 0) is 39.9 Å². The van der Waals surface area contributed by atoms with Gasteiger partial charge in [-0.15, -0.1) is 5.10 Å². The highest BCUT2D eigenvalue weighted by Crippen LogP contribution is 2.21. The van der Waals surface area contributed by atoms with Crippen LogP contribution in [-0.4, -0.2) is 59.2 Å². The van der Waals surface area contributed by atoms with Crippen molar-refractivity contribution in [2.24, 2.45) is 0 Å². The third kappa shape index (κ3) is 4.12. The molecule has 0 radical (unpaired) electrons. The Morgan fingerprint density at radius 3 is 3.11 bits per heavy atom. The molecule has 1 atom stereocenters. The Hall–Kier alpha value is -0.720. The van der Waals surface area contributed by atoms with Crippen LogP contribution < -0.4 is 5.32 Å². The summed E-state index contributed by atoms with van der Waals surface area (Å²) in [6, 6.07) is 0.638. The van der Waals surface area contributed by atoms with E-state index in [-0.39, 0.29) is 0 Å². The third-order valence-electron chi connectivity index (χ3n) is 3.71. The van der Waals surface area contributed by atoms with Gasteiger partial charge in [0.15, 0.2) is 0 Å². The van der Waals surface area contributed by atoms with Crippen molar-refractivity contribution in [2.75, 3.05) is 39.0 Å². The minimum Gasteiger partial charge on any atom is -0.374 e. The summed E-state index contributed by atoms with van der Waals surface area (Å²) in [5.41, 5.74) is 1.09. The van der Waals surface area contributed by atoms with Crippen molar-refractivity contribution in [3.63, 3.8) is 0 Å². The van der Waals surface area contributed by atoms with E-state index in [2.05, 4.69) is 45.7 Å². The Balaban J connectivity index is 1.90. The first-order chi connectivity index (χ1) is 9.20. The third-order valence-corrected chi connectivity index (χ3v) is 4.44. The number of aromatic nitrogens is 2. The quantitative estimate of drug-likeness (QED) is 0.863. The summed E-state index contributed by atoms with van der Waals surface area (Å²) in [5.74, 6) is 0. The molecule has 0 amide bonds. The largest absolute Gasteiger partial charge is 0.374 e. The molecular weight excluding hydrogens is 258 g/mol. The van der Waals surface area contributed by atoms with E-state index in [1.807, 2.05) is 0 Å². The van der Waals surface area contributed by atoms with Crippen molar-refractivity contribution in [2.45, 2.75) is 38.8 Å². The fourth-order valence-corrected chi connectivity index (χ4v) is 3.15. The number of anilines is 1. The molecule has 2 heterocycles. The standard InChI is InChI=1S/C13H25N5S/c1-4-7-14-13-12(15-16-19-13)10-18(3)11-6-5-8-17(2)9-11/h11,14H,4-10H2,1-3H3. The Morgan fingerprint density at radius 1 is 1.53 bits per heavy atom. The summed E-state index contributed by atoms with van der Waals surface area (Å²) in [5, 5.41) is 8.83. The number of nitrogens with one attached hydrogen (secondary N) is 1. The first-order valence-electron chi connectivity index (χ1n) is 7.14. The molecule has 1 saturated heterocycles. The Morgan fingerprint density at radius 2 is 2.37 bits per heavy atom. The van der Waals surface area contributed by atoms with Crippen LogP contribution in [0.4, 0.5) is 5.00 Å². The maximum Gasteiger partial charge on any atom is 0.134 e. The number of hydrogen-bond acceptors (Lipinski definition) is 6. The van der Waals surface area contributed by atoms with Crippen LogP contribution in [-0.2, 0) is 6.54 Å². The summed E-state index contributed by atoms with van der Waals surface area (Å²) >= 11 is 1.47. The number of hydrogen-bond donors (Lipinski definition) is 1. The van der Waals surface area contributed by atoms with E-state index >= 15 is 0 Å². The molecule has 1 fully saturated rings. The minimum absolute atomic E-state index is 0.638. The summed E-state index contributed by atoms with van der Waals surface area (Å²) in [7, 11) is 4.41. The Kier molecular flexibility index (Phi) is 5.54. The van der Waals surface area contributed by atoms with Crippen LogP contribution in [0.3, 0.4) is 0 Å². The SMILES string of the molecule is CCCNc1snnc1CN(C)C1CCCN(C)C1. The van der Waals surface area contributed by atoms with Gasteiger partial charge in [-0.2, -0.15) is 0 Å². The average Bonchev–Trinajstić information content (AvgIpc) is 2.83. The van der Waals surface area contributed by atoms with E-state index in [1.54, 1.807) is 0 Å². The van der Waals surface area contributed by atoms with Gasteiger partial charge >= 0.3 is 0 Å². The lowest BCUT2D eigenvalue weighted by Gasteiger charge is -2.35. The molecule has 1 aliphatic heterocycles. The molecule has 0 aromatic carbocycles. The van der Waals surface area contributed by atoms with Gasteiger partial charge in [0.1, 0.15) is 10.7 Å². The lowest BCUT2D eigenvalue weighted by Crippen LogP contribution is -2.44. The molecule has 19 heavy (non-hydrogen) atoms. The highest BCUT2D eigenvalue weighted by atomic mass is 32.1. The monoisotopic (exact) mass is 283 g/mol. The molecule has 5 nitrogen and oxygen atoms in total. The molecule has 1 aromatic rings. The predicted molar refractivity (Wildman–Crippen MR) is 80.7 cm³/mol. The molecule has 0 bridgehead atoms. The van der Waals surface area contributed by atoms with Gasteiger partial charge in [-0.3, -0.25) is 4.90 Å². The lowest BCUT2D eigenvalue weighted by molar-refractivity contribution is 0.128. The van der Waals surface area contributed by atoms with Gasteiger partial charge in [-0.25, -0.2) is 0 Å². The smallest absolute Gasteiger partial charge is 0.134 e. The predicted octanol–water partition coefficient (Wildman–Crippen LogP) is 1.89. The van der Waals surface area contributed by atoms with Gasteiger partial charge in [0.2, 0.25) is 0 Å². The fourth-order valence-electron chi connectivity index (χ4n) is 2.55. The van der Waals surface area contributed by atoms with Gasteiger partial charge in [0.25, 0.3) is 0 Å². The van der Waals surface area contributed by atoms with Gasteiger partial charge in [0, 0.05) is 37.2 Å². The number of likely N-dealkylation sites (N-methyl/N-ethyl adjacent to an activating group) is 2. The molecule has 1 unspecified atom stereocenters.